The third kappa shape index (κ3) is 3.74. The van der Waals surface area contributed by atoms with E-state index >= 15 is 0 Å². The summed E-state index contributed by atoms with van der Waals surface area (Å²) < 4.78 is 7.77. The van der Waals surface area contributed by atoms with E-state index in [1.807, 2.05) is 30.3 Å². The SMILES string of the molecule is Cc1nn(Cc2ccccc2)c(Cl)c1C(=O)OCn1nnc2ccccc2c1=O. The summed E-state index contributed by atoms with van der Waals surface area (Å²) in [5.41, 5.74) is 1.67. The molecule has 0 atom stereocenters. The third-order valence-corrected chi connectivity index (χ3v) is 4.78. The van der Waals surface area contributed by atoms with Gasteiger partial charge >= 0.3 is 5.97 Å². The van der Waals surface area contributed by atoms with Crippen molar-refractivity contribution in [1.82, 2.24) is 24.8 Å². The predicted octanol–water partition coefficient (Wildman–Crippen LogP) is 2.81. The van der Waals surface area contributed by atoms with Crippen LogP contribution in [0.15, 0.2) is 59.4 Å². The normalized spacial score (nSPS) is 11.0. The van der Waals surface area contributed by atoms with Gasteiger partial charge in [0.15, 0.2) is 6.73 Å². The lowest BCUT2D eigenvalue weighted by molar-refractivity contribution is 0.0335. The highest BCUT2D eigenvalue weighted by atomic mass is 35.5. The second-order valence-electron chi connectivity index (χ2n) is 6.37. The fourth-order valence-electron chi connectivity index (χ4n) is 2.95. The molecule has 8 nitrogen and oxygen atoms in total. The molecule has 2 aromatic heterocycles. The van der Waals surface area contributed by atoms with E-state index in [4.69, 9.17) is 16.3 Å². The van der Waals surface area contributed by atoms with E-state index in [-0.39, 0.29) is 17.4 Å². The quantitative estimate of drug-likeness (QED) is 0.471. The minimum atomic E-state index is -0.686. The summed E-state index contributed by atoms with van der Waals surface area (Å²) in [5, 5.41) is 12.7. The van der Waals surface area contributed by atoms with E-state index in [2.05, 4.69) is 15.4 Å². The van der Waals surface area contributed by atoms with E-state index in [0.717, 1.165) is 10.2 Å². The topological polar surface area (TPSA) is 91.9 Å². The van der Waals surface area contributed by atoms with Crippen LogP contribution in [0.5, 0.6) is 0 Å². The molecule has 146 valence electrons. The van der Waals surface area contributed by atoms with Crippen molar-refractivity contribution in [3.05, 3.63) is 86.9 Å². The molecule has 0 N–H and O–H groups in total. The maximum absolute atomic E-state index is 12.6. The first-order valence-corrected chi connectivity index (χ1v) is 9.19. The zero-order valence-corrected chi connectivity index (χ0v) is 16.2. The van der Waals surface area contributed by atoms with Crippen LogP contribution in [0, 0.1) is 6.92 Å². The minimum absolute atomic E-state index is 0.157. The molecule has 0 saturated heterocycles. The second kappa shape index (κ2) is 7.84. The van der Waals surface area contributed by atoms with E-state index in [0.29, 0.717) is 23.1 Å². The first kappa shape index (κ1) is 18.8. The number of nitrogens with zero attached hydrogens (tertiary/aromatic N) is 5. The van der Waals surface area contributed by atoms with Crippen LogP contribution in [0.3, 0.4) is 0 Å². The lowest BCUT2D eigenvalue weighted by atomic mass is 10.2. The molecule has 0 aliphatic heterocycles. The number of hydrogen-bond acceptors (Lipinski definition) is 6. The Morgan fingerprint density at radius 2 is 1.79 bits per heavy atom. The van der Waals surface area contributed by atoms with Crippen molar-refractivity contribution in [2.75, 3.05) is 0 Å². The molecule has 0 unspecified atom stereocenters. The number of ether oxygens (including phenoxy) is 1. The monoisotopic (exact) mass is 409 g/mol. The van der Waals surface area contributed by atoms with Crippen molar-refractivity contribution in [3.63, 3.8) is 0 Å². The smallest absolute Gasteiger partial charge is 0.344 e. The molecule has 2 heterocycles. The Bertz CT molecular complexity index is 1250. The minimum Gasteiger partial charge on any atom is -0.438 e. The first-order valence-electron chi connectivity index (χ1n) is 8.81. The number of fused-ring (bicyclic) bond motifs is 1. The van der Waals surface area contributed by atoms with Gasteiger partial charge in [0.25, 0.3) is 5.56 Å². The average Bonchev–Trinajstić information content (AvgIpc) is 3.01. The van der Waals surface area contributed by atoms with Gasteiger partial charge in [-0.25, -0.2) is 9.48 Å². The van der Waals surface area contributed by atoms with Gasteiger partial charge < -0.3 is 4.74 Å². The Labute approximate surface area is 170 Å². The largest absolute Gasteiger partial charge is 0.438 e. The van der Waals surface area contributed by atoms with Crippen LogP contribution in [0.1, 0.15) is 21.6 Å². The van der Waals surface area contributed by atoms with Gasteiger partial charge in [0, 0.05) is 0 Å². The van der Waals surface area contributed by atoms with Gasteiger partial charge in [-0.2, -0.15) is 9.78 Å². The number of esters is 1. The summed E-state index contributed by atoms with van der Waals surface area (Å²) in [6.07, 6.45) is 0. The number of carbonyl (C=O) groups is 1. The van der Waals surface area contributed by atoms with Gasteiger partial charge in [-0.1, -0.05) is 59.3 Å². The van der Waals surface area contributed by atoms with Crippen LogP contribution in [-0.2, 0) is 18.0 Å². The number of hydrogen-bond donors (Lipinski definition) is 0. The lowest BCUT2D eigenvalue weighted by Gasteiger charge is -2.07. The molecule has 0 fully saturated rings. The molecule has 4 aromatic rings. The molecule has 9 heteroatoms. The highest BCUT2D eigenvalue weighted by molar-refractivity contribution is 6.32. The molecule has 0 amide bonds. The lowest BCUT2D eigenvalue weighted by Crippen LogP contribution is -2.26. The van der Waals surface area contributed by atoms with Gasteiger partial charge in [0.1, 0.15) is 16.2 Å². The highest BCUT2D eigenvalue weighted by Gasteiger charge is 2.22. The van der Waals surface area contributed by atoms with E-state index in [1.54, 1.807) is 31.2 Å². The summed E-state index contributed by atoms with van der Waals surface area (Å²) in [6.45, 7) is 1.71. The molecule has 29 heavy (non-hydrogen) atoms. The van der Waals surface area contributed by atoms with Gasteiger partial charge in [-0.15, -0.1) is 5.10 Å². The molecule has 4 rings (SSSR count). The molecule has 0 radical (unpaired) electrons. The molecular weight excluding hydrogens is 394 g/mol. The number of carbonyl (C=O) groups excluding carboxylic acids is 1. The van der Waals surface area contributed by atoms with Crippen LogP contribution in [0.2, 0.25) is 5.15 Å². The average molecular weight is 410 g/mol. The predicted molar refractivity (Wildman–Crippen MR) is 107 cm³/mol. The van der Waals surface area contributed by atoms with E-state index < -0.39 is 11.5 Å². The summed E-state index contributed by atoms with van der Waals surface area (Å²) in [5.74, 6) is -0.686. The molecule has 2 aromatic carbocycles. The third-order valence-electron chi connectivity index (χ3n) is 4.39. The maximum atomic E-state index is 12.6. The summed E-state index contributed by atoms with van der Waals surface area (Å²) in [7, 11) is 0. The van der Waals surface area contributed by atoms with Crippen molar-refractivity contribution >= 4 is 28.5 Å². The number of halogens is 1. The molecule has 0 bridgehead atoms. The van der Waals surface area contributed by atoms with Crippen LogP contribution in [0.4, 0.5) is 0 Å². The fourth-order valence-corrected chi connectivity index (χ4v) is 3.26. The van der Waals surface area contributed by atoms with Crippen molar-refractivity contribution < 1.29 is 9.53 Å². The highest BCUT2D eigenvalue weighted by Crippen LogP contribution is 2.22. The number of aryl methyl sites for hydroxylation is 1. The molecular formula is C20H16ClN5O3. The zero-order valence-electron chi connectivity index (χ0n) is 15.4. The fraction of sp³-hybridized carbons (Fsp3) is 0.150. The number of benzene rings is 2. The summed E-state index contributed by atoms with van der Waals surface area (Å²) in [6, 6.07) is 16.4. The number of rotatable bonds is 5. The van der Waals surface area contributed by atoms with Crippen molar-refractivity contribution in [2.45, 2.75) is 20.2 Å². The van der Waals surface area contributed by atoms with E-state index in [9.17, 15) is 9.59 Å². The maximum Gasteiger partial charge on any atom is 0.344 e. The molecule has 0 aliphatic carbocycles. The summed E-state index contributed by atoms with van der Waals surface area (Å²) in [4.78, 5) is 25.0. The van der Waals surface area contributed by atoms with Crippen LogP contribution < -0.4 is 5.56 Å². The van der Waals surface area contributed by atoms with Crippen LogP contribution >= 0.6 is 11.6 Å². The number of aromatic nitrogens is 5. The Balaban J connectivity index is 1.53. The van der Waals surface area contributed by atoms with Crippen LogP contribution in [-0.4, -0.2) is 30.7 Å². The Morgan fingerprint density at radius 1 is 1.07 bits per heavy atom. The standard InChI is InChI=1S/C20H16ClN5O3/c1-13-17(18(21)25(23-13)11-14-7-3-2-4-8-14)20(28)29-12-26-19(27)15-9-5-6-10-16(15)22-24-26/h2-10H,11-12H2,1H3. The van der Waals surface area contributed by atoms with Crippen molar-refractivity contribution in [1.29, 1.82) is 0 Å². The molecule has 0 saturated carbocycles. The Hall–Kier alpha value is -3.52. The van der Waals surface area contributed by atoms with Gasteiger partial charge in [0.05, 0.1) is 17.6 Å². The Morgan fingerprint density at radius 3 is 2.59 bits per heavy atom. The van der Waals surface area contributed by atoms with E-state index in [1.165, 1.54) is 4.68 Å². The van der Waals surface area contributed by atoms with Gasteiger partial charge in [0.2, 0.25) is 0 Å². The first-order chi connectivity index (χ1) is 14.0. The molecule has 0 spiro atoms. The van der Waals surface area contributed by atoms with Crippen LogP contribution in [0.25, 0.3) is 10.9 Å². The van der Waals surface area contributed by atoms with Gasteiger partial charge in [-0.3, -0.25) is 4.79 Å². The Kier molecular flexibility index (Phi) is 5.09. The van der Waals surface area contributed by atoms with Crippen molar-refractivity contribution in [3.8, 4) is 0 Å². The van der Waals surface area contributed by atoms with Gasteiger partial charge in [-0.05, 0) is 24.6 Å². The zero-order chi connectivity index (χ0) is 20.4. The second-order valence-corrected chi connectivity index (χ2v) is 6.72. The van der Waals surface area contributed by atoms with Crippen molar-refractivity contribution in [2.24, 2.45) is 0 Å². The summed E-state index contributed by atoms with van der Waals surface area (Å²) >= 11 is 6.37. The molecule has 0 aliphatic rings.